The van der Waals surface area contributed by atoms with Crippen LogP contribution in [0.15, 0.2) is 36.5 Å². The Morgan fingerprint density at radius 1 is 1.29 bits per heavy atom. The molecule has 1 saturated heterocycles. The van der Waals surface area contributed by atoms with E-state index in [0.717, 1.165) is 44.6 Å². The number of hydrogen-bond acceptors (Lipinski definition) is 3. The summed E-state index contributed by atoms with van der Waals surface area (Å²) in [7, 11) is 0. The number of nitrogens with zero attached hydrogens (tertiary/aromatic N) is 3. The van der Waals surface area contributed by atoms with Crippen LogP contribution in [0, 0.1) is 0 Å². The molecule has 126 valence electrons. The Morgan fingerprint density at radius 2 is 2.17 bits per heavy atom. The number of nitrogens with one attached hydrogen (secondary N) is 1. The van der Waals surface area contributed by atoms with Crippen molar-refractivity contribution in [1.29, 1.82) is 0 Å². The summed E-state index contributed by atoms with van der Waals surface area (Å²) in [4.78, 5) is 17.4. The summed E-state index contributed by atoms with van der Waals surface area (Å²) in [6.45, 7) is 4.77. The van der Waals surface area contributed by atoms with Gasteiger partial charge in [0.1, 0.15) is 0 Å². The first-order valence-electron chi connectivity index (χ1n) is 8.86. The number of rotatable bonds is 3. The molecule has 2 aliphatic heterocycles. The highest BCUT2D eigenvalue weighted by Crippen LogP contribution is 2.30. The minimum absolute atomic E-state index is 0.0816. The molecule has 5 heteroatoms. The Morgan fingerprint density at radius 3 is 3.00 bits per heavy atom. The summed E-state index contributed by atoms with van der Waals surface area (Å²) >= 11 is 0. The van der Waals surface area contributed by atoms with Crippen LogP contribution in [0.1, 0.15) is 36.9 Å². The molecule has 1 aromatic carbocycles. The van der Waals surface area contributed by atoms with E-state index in [4.69, 9.17) is 0 Å². The maximum absolute atomic E-state index is 13.1. The van der Waals surface area contributed by atoms with Crippen molar-refractivity contribution in [3.05, 3.63) is 47.8 Å². The lowest BCUT2D eigenvalue weighted by atomic mass is 9.94. The quantitative estimate of drug-likeness (QED) is 0.944. The number of hydrogen-bond donors (Lipinski definition) is 1. The molecule has 4 rings (SSSR count). The highest BCUT2D eigenvalue weighted by Gasteiger charge is 2.33. The summed E-state index contributed by atoms with van der Waals surface area (Å²) < 4.78 is 0. The number of likely N-dealkylation sites (tertiary alicyclic amines) is 1. The molecule has 0 radical (unpaired) electrons. The third kappa shape index (κ3) is 2.73. The molecule has 5 nitrogen and oxygen atoms in total. The minimum Gasteiger partial charge on any atom is -0.310 e. The van der Waals surface area contributed by atoms with Gasteiger partial charge in [-0.2, -0.15) is 5.10 Å². The lowest BCUT2D eigenvalue weighted by molar-refractivity contribution is -0.123. The molecule has 1 amide bonds. The van der Waals surface area contributed by atoms with Gasteiger partial charge in [-0.1, -0.05) is 18.2 Å². The van der Waals surface area contributed by atoms with E-state index in [1.54, 1.807) is 0 Å². The zero-order chi connectivity index (χ0) is 16.5. The van der Waals surface area contributed by atoms with Gasteiger partial charge in [0.15, 0.2) is 0 Å². The number of anilines is 1. The molecule has 0 unspecified atom stereocenters. The zero-order valence-corrected chi connectivity index (χ0v) is 14.1. The van der Waals surface area contributed by atoms with E-state index in [2.05, 4.69) is 46.3 Å². The van der Waals surface area contributed by atoms with E-state index in [1.807, 2.05) is 17.2 Å². The van der Waals surface area contributed by atoms with Crippen molar-refractivity contribution in [3.63, 3.8) is 0 Å². The van der Waals surface area contributed by atoms with Crippen molar-refractivity contribution < 1.29 is 4.79 Å². The van der Waals surface area contributed by atoms with Crippen LogP contribution in [0.2, 0.25) is 0 Å². The number of amides is 1. The van der Waals surface area contributed by atoms with Crippen LogP contribution in [-0.4, -0.2) is 46.7 Å². The summed E-state index contributed by atoms with van der Waals surface area (Å²) in [5.74, 6) is 0.674. The largest absolute Gasteiger partial charge is 0.310 e. The minimum atomic E-state index is -0.0816. The first kappa shape index (κ1) is 15.4. The summed E-state index contributed by atoms with van der Waals surface area (Å²) in [6.07, 6.45) is 5.06. The number of aromatic nitrogens is 2. The SMILES string of the molecule is C[C@@H](C(=O)N1CCc2ccccc21)N1CCC[C@@H](c2ccn[nH]2)C1. The first-order chi connectivity index (χ1) is 11.7. The fourth-order valence-electron chi connectivity index (χ4n) is 4.05. The number of aromatic amines is 1. The van der Waals surface area contributed by atoms with Crippen LogP contribution in [0.4, 0.5) is 5.69 Å². The summed E-state index contributed by atoms with van der Waals surface area (Å²) in [5.41, 5.74) is 3.56. The van der Waals surface area contributed by atoms with E-state index in [9.17, 15) is 4.79 Å². The monoisotopic (exact) mass is 324 g/mol. The Balaban J connectivity index is 1.47. The van der Waals surface area contributed by atoms with Crippen molar-refractivity contribution >= 4 is 11.6 Å². The van der Waals surface area contributed by atoms with Gasteiger partial charge in [0.2, 0.25) is 5.91 Å². The molecule has 1 aromatic heterocycles. The van der Waals surface area contributed by atoms with Gasteiger partial charge < -0.3 is 4.90 Å². The van der Waals surface area contributed by atoms with Crippen molar-refractivity contribution in [2.24, 2.45) is 0 Å². The molecule has 2 aromatic rings. The van der Waals surface area contributed by atoms with Gasteiger partial charge >= 0.3 is 0 Å². The van der Waals surface area contributed by atoms with Crippen LogP contribution in [-0.2, 0) is 11.2 Å². The van der Waals surface area contributed by atoms with E-state index in [1.165, 1.54) is 11.3 Å². The maximum Gasteiger partial charge on any atom is 0.244 e. The van der Waals surface area contributed by atoms with Crippen LogP contribution in [0.25, 0.3) is 0 Å². The predicted octanol–water partition coefficient (Wildman–Crippen LogP) is 2.57. The van der Waals surface area contributed by atoms with E-state index in [-0.39, 0.29) is 11.9 Å². The maximum atomic E-state index is 13.1. The van der Waals surface area contributed by atoms with Gasteiger partial charge in [0, 0.05) is 36.6 Å². The van der Waals surface area contributed by atoms with E-state index in [0.29, 0.717) is 5.92 Å². The van der Waals surface area contributed by atoms with Crippen molar-refractivity contribution in [2.75, 3.05) is 24.5 Å². The molecule has 1 fully saturated rings. The molecule has 3 heterocycles. The molecule has 0 aliphatic carbocycles. The Bertz CT molecular complexity index is 712. The fourth-order valence-corrected chi connectivity index (χ4v) is 4.05. The molecule has 24 heavy (non-hydrogen) atoms. The molecule has 2 atom stereocenters. The fraction of sp³-hybridized carbons (Fsp3) is 0.474. The standard InChI is InChI=1S/C19H24N4O/c1-14(19(24)23-12-9-15-5-2-3-7-18(15)23)22-11-4-6-16(13-22)17-8-10-20-21-17/h2-3,5,7-8,10,14,16H,4,6,9,11-13H2,1H3,(H,20,21)/t14-,16+/m0/s1. The Labute approximate surface area is 142 Å². The topological polar surface area (TPSA) is 52.2 Å². The molecular weight excluding hydrogens is 300 g/mol. The van der Waals surface area contributed by atoms with Crippen molar-refractivity contribution in [2.45, 2.75) is 38.1 Å². The molecule has 0 bridgehead atoms. The Hall–Kier alpha value is -2.14. The average Bonchev–Trinajstić information content (AvgIpc) is 3.30. The number of fused-ring (bicyclic) bond motifs is 1. The molecule has 1 N–H and O–H groups in total. The van der Waals surface area contributed by atoms with Gasteiger partial charge in [0.25, 0.3) is 0 Å². The van der Waals surface area contributed by atoms with Gasteiger partial charge in [0.05, 0.1) is 6.04 Å². The van der Waals surface area contributed by atoms with Gasteiger partial charge in [-0.3, -0.25) is 14.8 Å². The number of para-hydroxylation sites is 1. The van der Waals surface area contributed by atoms with Crippen molar-refractivity contribution in [3.8, 4) is 0 Å². The molecule has 0 spiro atoms. The number of piperidine rings is 1. The highest BCUT2D eigenvalue weighted by molar-refractivity contribution is 5.98. The third-order valence-corrected chi connectivity index (χ3v) is 5.47. The average molecular weight is 324 g/mol. The highest BCUT2D eigenvalue weighted by atomic mass is 16.2. The van der Waals surface area contributed by atoms with Gasteiger partial charge in [-0.05, 0) is 50.4 Å². The van der Waals surface area contributed by atoms with E-state index < -0.39 is 0 Å². The lowest BCUT2D eigenvalue weighted by Crippen LogP contribution is -2.49. The smallest absolute Gasteiger partial charge is 0.244 e. The lowest BCUT2D eigenvalue weighted by Gasteiger charge is -2.37. The second-order valence-electron chi connectivity index (χ2n) is 6.89. The number of H-pyrrole nitrogens is 1. The molecular formula is C19H24N4O. The van der Waals surface area contributed by atoms with Crippen LogP contribution in [0.5, 0.6) is 0 Å². The van der Waals surface area contributed by atoms with Crippen LogP contribution < -0.4 is 4.90 Å². The van der Waals surface area contributed by atoms with Crippen LogP contribution in [0.3, 0.4) is 0 Å². The summed E-state index contributed by atoms with van der Waals surface area (Å²) in [6, 6.07) is 10.2. The zero-order valence-electron chi connectivity index (χ0n) is 14.1. The van der Waals surface area contributed by atoms with Gasteiger partial charge in [-0.15, -0.1) is 0 Å². The van der Waals surface area contributed by atoms with E-state index >= 15 is 0 Å². The number of benzene rings is 1. The van der Waals surface area contributed by atoms with Gasteiger partial charge in [-0.25, -0.2) is 0 Å². The Kier molecular flexibility index (Phi) is 4.10. The molecule has 0 saturated carbocycles. The second kappa shape index (κ2) is 6.40. The summed E-state index contributed by atoms with van der Waals surface area (Å²) in [5, 5.41) is 7.16. The van der Waals surface area contributed by atoms with Crippen LogP contribution >= 0.6 is 0 Å². The normalized spacial score (nSPS) is 22.4. The number of carbonyl (C=O) groups is 1. The first-order valence-corrected chi connectivity index (χ1v) is 8.86. The second-order valence-corrected chi connectivity index (χ2v) is 6.89. The third-order valence-electron chi connectivity index (χ3n) is 5.47. The predicted molar refractivity (Wildman–Crippen MR) is 94.1 cm³/mol. The van der Waals surface area contributed by atoms with Crippen molar-refractivity contribution in [1.82, 2.24) is 15.1 Å². The number of carbonyl (C=O) groups excluding carboxylic acids is 1. The molecule has 2 aliphatic rings.